The fourth-order valence-corrected chi connectivity index (χ4v) is 5.08. The average Bonchev–Trinajstić information content (AvgIpc) is 3.27. The molecule has 2 aliphatic rings. The maximum Gasteiger partial charge on any atom is 0.269 e. The standard InChI is InChI=1S/C18H19ClN4OS2/c1-2-3-8-22-16(24)15-14(7-9-25-15)23-17(22)20-21-18(23)26-11-12-5-4-6-13(19)10-12/h4-7,9-10,17,20H,2-3,8,11H2,1H3. The number of amidine groups is 1. The molecule has 5 nitrogen and oxygen atoms in total. The van der Waals surface area contributed by atoms with Crippen molar-refractivity contribution in [1.29, 1.82) is 0 Å². The summed E-state index contributed by atoms with van der Waals surface area (Å²) in [5.74, 6) is 0.862. The van der Waals surface area contributed by atoms with Gasteiger partial charge in [-0.25, -0.2) is 0 Å². The van der Waals surface area contributed by atoms with Crippen LogP contribution in [0.25, 0.3) is 0 Å². The number of carbonyl (C=O) groups is 1. The Morgan fingerprint density at radius 1 is 1.38 bits per heavy atom. The number of halogens is 1. The molecule has 1 aromatic carbocycles. The summed E-state index contributed by atoms with van der Waals surface area (Å²) in [6, 6.07) is 9.87. The second kappa shape index (κ2) is 7.50. The summed E-state index contributed by atoms with van der Waals surface area (Å²) in [7, 11) is 0. The molecule has 0 saturated carbocycles. The first kappa shape index (κ1) is 17.7. The highest BCUT2D eigenvalue weighted by atomic mass is 35.5. The molecule has 0 aliphatic carbocycles. The maximum absolute atomic E-state index is 12.8. The van der Waals surface area contributed by atoms with Crippen molar-refractivity contribution in [3.05, 3.63) is 51.2 Å². The predicted octanol–water partition coefficient (Wildman–Crippen LogP) is 4.56. The van der Waals surface area contributed by atoms with Crippen LogP contribution in [0.2, 0.25) is 5.02 Å². The molecule has 0 spiro atoms. The Hall–Kier alpha value is -1.70. The summed E-state index contributed by atoms with van der Waals surface area (Å²) in [6.45, 7) is 2.86. The first-order valence-electron chi connectivity index (χ1n) is 8.57. The molecule has 26 heavy (non-hydrogen) atoms. The Bertz CT molecular complexity index is 853. The number of hydrogen-bond donors (Lipinski definition) is 1. The highest BCUT2D eigenvalue weighted by Gasteiger charge is 2.43. The van der Waals surface area contributed by atoms with Gasteiger partial charge < -0.3 is 0 Å². The van der Waals surface area contributed by atoms with Gasteiger partial charge in [0.15, 0.2) is 5.17 Å². The van der Waals surface area contributed by atoms with E-state index >= 15 is 0 Å². The zero-order valence-electron chi connectivity index (χ0n) is 14.3. The summed E-state index contributed by atoms with van der Waals surface area (Å²) in [4.78, 5) is 17.7. The van der Waals surface area contributed by atoms with Crippen LogP contribution in [0.15, 0.2) is 40.8 Å². The molecule has 136 valence electrons. The molecule has 1 amide bonds. The maximum atomic E-state index is 12.8. The Kier molecular flexibility index (Phi) is 5.11. The highest BCUT2D eigenvalue weighted by Crippen LogP contribution is 2.38. The van der Waals surface area contributed by atoms with Gasteiger partial charge in [-0.1, -0.05) is 48.8 Å². The molecule has 1 aromatic heterocycles. The smallest absolute Gasteiger partial charge is 0.269 e. The van der Waals surface area contributed by atoms with Gasteiger partial charge in [-0.15, -0.1) is 11.3 Å². The van der Waals surface area contributed by atoms with E-state index < -0.39 is 0 Å². The number of nitrogens with zero attached hydrogens (tertiary/aromatic N) is 3. The monoisotopic (exact) mass is 406 g/mol. The molecule has 3 heterocycles. The number of thioether (sulfide) groups is 1. The van der Waals surface area contributed by atoms with Crippen LogP contribution in [-0.4, -0.2) is 28.8 Å². The van der Waals surface area contributed by atoms with Crippen molar-refractivity contribution in [3.8, 4) is 0 Å². The topological polar surface area (TPSA) is 47.9 Å². The first-order chi connectivity index (χ1) is 12.7. The number of rotatable bonds is 5. The van der Waals surface area contributed by atoms with Gasteiger partial charge in [0.05, 0.1) is 5.69 Å². The van der Waals surface area contributed by atoms with Crippen molar-refractivity contribution in [1.82, 2.24) is 10.3 Å². The summed E-state index contributed by atoms with van der Waals surface area (Å²) in [5.41, 5.74) is 5.25. The van der Waals surface area contributed by atoms with Gasteiger partial charge in [0.25, 0.3) is 5.91 Å². The number of unbranched alkanes of at least 4 members (excludes halogenated alkanes) is 1. The second-order valence-corrected chi connectivity index (χ2v) is 8.47. The molecule has 0 radical (unpaired) electrons. The van der Waals surface area contributed by atoms with Crippen LogP contribution in [0.3, 0.4) is 0 Å². The van der Waals surface area contributed by atoms with Crippen LogP contribution in [0.1, 0.15) is 35.0 Å². The largest absolute Gasteiger partial charge is 0.298 e. The van der Waals surface area contributed by atoms with E-state index in [4.69, 9.17) is 11.6 Å². The Morgan fingerprint density at radius 3 is 3.08 bits per heavy atom. The SMILES string of the molecule is CCCCN1C(=O)c2sccc2N2C(SCc3cccc(Cl)c3)=NNC12. The fourth-order valence-electron chi connectivity index (χ4n) is 3.10. The number of benzene rings is 1. The zero-order chi connectivity index (χ0) is 18.1. The summed E-state index contributed by atoms with van der Waals surface area (Å²) in [6.07, 6.45) is 1.78. The second-order valence-electron chi connectivity index (χ2n) is 6.17. The van der Waals surface area contributed by atoms with Crippen molar-refractivity contribution in [3.63, 3.8) is 0 Å². The van der Waals surface area contributed by atoms with E-state index in [-0.39, 0.29) is 12.2 Å². The predicted molar refractivity (Wildman–Crippen MR) is 110 cm³/mol. The van der Waals surface area contributed by atoms with Crippen LogP contribution in [0.4, 0.5) is 5.69 Å². The molecular weight excluding hydrogens is 388 g/mol. The van der Waals surface area contributed by atoms with E-state index in [2.05, 4.69) is 28.4 Å². The molecule has 0 bridgehead atoms. The molecule has 1 atom stereocenters. The average molecular weight is 407 g/mol. The van der Waals surface area contributed by atoms with Crippen molar-refractivity contribution in [2.45, 2.75) is 31.8 Å². The van der Waals surface area contributed by atoms with Gasteiger partial charge in [-0.3, -0.25) is 20.0 Å². The summed E-state index contributed by atoms with van der Waals surface area (Å²) < 4.78 is 0. The minimum atomic E-state index is -0.238. The molecule has 4 rings (SSSR count). The van der Waals surface area contributed by atoms with Gasteiger partial charge in [0.1, 0.15) is 4.88 Å². The lowest BCUT2D eigenvalue weighted by Crippen LogP contribution is -2.58. The third-order valence-corrected chi connectivity index (χ3v) is 6.54. The van der Waals surface area contributed by atoms with E-state index in [9.17, 15) is 4.79 Å². The van der Waals surface area contributed by atoms with Gasteiger partial charge in [0.2, 0.25) is 6.29 Å². The quantitative estimate of drug-likeness (QED) is 0.790. The number of hydrazone groups is 1. The molecule has 8 heteroatoms. The lowest BCUT2D eigenvalue weighted by atomic mass is 10.2. The number of amides is 1. The van der Waals surface area contributed by atoms with Gasteiger partial charge >= 0.3 is 0 Å². The van der Waals surface area contributed by atoms with Crippen molar-refractivity contribution in [2.75, 3.05) is 11.4 Å². The van der Waals surface area contributed by atoms with Gasteiger partial charge in [-0.2, -0.15) is 5.10 Å². The number of fused-ring (bicyclic) bond motifs is 3. The number of hydrogen-bond acceptors (Lipinski definition) is 6. The third-order valence-electron chi connectivity index (χ3n) is 4.39. The molecule has 2 aliphatic heterocycles. The fraction of sp³-hybridized carbons (Fsp3) is 0.333. The van der Waals surface area contributed by atoms with Crippen LogP contribution < -0.4 is 10.3 Å². The first-order valence-corrected chi connectivity index (χ1v) is 10.8. The van der Waals surface area contributed by atoms with Crippen molar-refractivity contribution >= 4 is 51.5 Å². The molecule has 0 saturated heterocycles. The number of thiophene rings is 1. The van der Waals surface area contributed by atoms with Crippen LogP contribution >= 0.6 is 34.7 Å². The Morgan fingerprint density at radius 2 is 2.27 bits per heavy atom. The van der Waals surface area contributed by atoms with E-state index in [1.807, 2.05) is 34.5 Å². The van der Waals surface area contributed by atoms with Crippen LogP contribution in [-0.2, 0) is 5.75 Å². The third kappa shape index (κ3) is 3.19. The minimum Gasteiger partial charge on any atom is -0.298 e. The lowest BCUT2D eigenvalue weighted by Gasteiger charge is -2.39. The van der Waals surface area contributed by atoms with E-state index in [1.165, 1.54) is 11.3 Å². The molecular formula is C18H19ClN4OS2. The number of nitrogens with one attached hydrogen (secondary N) is 1. The number of carbonyl (C=O) groups excluding carboxylic acids is 1. The normalized spacial score (nSPS) is 18.5. The van der Waals surface area contributed by atoms with E-state index in [0.717, 1.165) is 51.5 Å². The Labute approximate surface area is 166 Å². The van der Waals surface area contributed by atoms with Crippen LogP contribution in [0, 0.1) is 0 Å². The lowest BCUT2D eigenvalue weighted by molar-refractivity contribution is 0.0644. The number of anilines is 1. The van der Waals surface area contributed by atoms with Gasteiger partial charge in [-0.05, 0) is 35.6 Å². The van der Waals surface area contributed by atoms with Gasteiger partial charge in [0, 0.05) is 17.3 Å². The minimum absolute atomic E-state index is 0.0912. The molecule has 2 aromatic rings. The summed E-state index contributed by atoms with van der Waals surface area (Å²) in [5, 5.41) is 8.11. The molecule has 0 fully saturated rings. The van der Waals surface area contributed by atoms with E-state index in [1.54, 1.807) is 11.8 Å². The van der Waals surface area contributed by atoms with E-state index in [0.29, 0.717) is 0 Å². The molecule has 1 unspecified atom stereocenters. The Balaban J connectivity index is 1.56. The van der Waals surface area contributed by atoms with Crippen molar-refractivity contribution in [2.24, 2.45) is 5.10 Å². The molecule has 1 N–H and O–H groups in total. The zero-order valence-corrected chi connectivity index (χ0v) is 16.7. The van der Waals surface area contributed by atoms with Crippen LogP contribution in [0.5, 0.6) is 0 Å². The van der Waals surface area contributed by atoms with Crippen molar-refractivity contribution < 1.29 is 4.79 Å². The highest BCUT2D eigenvalue weighted by molar-refractivity contribution is 8.13. The summed E-state index contributed by atoms with van der Waals surface area (Å²) >= 11 is 9.22.